The van der Waals surface area contributed by atoms with Crippen LogP contribution in [0.1, 0.15) is 19.4 Å². The Morgan fingerprint density at radius 2 is 2.04 bits per heavy atom. The summed E-state index contributed by atoms with van der Waals surface area (Å²) in [7, 11) is 0. The second-order valence-electron chi connectivity index (χ2n) is 6.18. The van der Waals surface area contributed by atoms with Gasteiger partial charge in [-0.15, -0.1) is 0 Å². The standard InChI is InChI=1S/C16H14Cl2F3IO2/c1-15(2)10(6-12(18)16(19,20)21)13(15)14(23)24-7-8-3-4-9(22)5-11(8)17/h3-6,10,13H,7H2,1-2H3/b12-6-/t10-,13-/m1/s1. The van der Waals surface area contributed by atoms with Crippen LogP contribution in [0.15, 0.2) is 29.3 Å². The first-order chi connectivity index (χ1) is 10.9. The van der Waals surface area contributed by atoms with Crippen LogP contribution in [0.5, 0.6) is 0 Å². The number of esters is 1. The van der Waals surface area contributed by atoms with E-state index in [2.05, 4.69) is 22.6 Å². The Morgan fingerprint density at radius 1 is 1.42 bits per heavy atom. The second-order valence-corrected chi connectivity index (χ2v) is 8.24. The first-order valence-corrected chi connectivity index (χ1v) is 8.83. The van der Waals surface area contributed by atoms with E-state index in [-0.39, 0.29) is 6.61 Å². The average Bonchev–Trinajstić information content (AvgIpc) is 2.97. The van der Waals surface area contributed by atoms with Crippen LogP contribution in [0.3, 0.4) is 0 Å². The highest BCUT2D eigenvalue weighted by Crippen LogP contribution is 2.60. The molecule has 0 heterocycles. The van der Waals surface area contributed by atoms with Gasteiger partial charge in [-0.3, -0.25) is 4.79 Å². The van der Waals surface area contributed by atoms with Crippen LogP contribution in [0, 0.1) is 20.8 Å². The van der Waals surface area contributed by atoms with Gasteiger partial charge in [-0.25, -0.2) is 0 Å². The van der Waals surface area contributed by atoms with Gasteiger partial charge >= 0.3 is 12.1 Å². The summed E-state index contributed by atoms with van der Waals surface area (Å²) in [5, 5.41) is -0.738. The van der Waals surface area contributed by atoms with Crippen molar-refractivity contribution in [3.63, 3.8) is 0 Å². The summed E-state index contributed by atoms with van der Waals surface area (Å²) in [6.45, 7) is 3.39. The van der Waals surface area contributed by atoms with Gasteiger partial charge in [0.15, 0.2) is 0 Å². The van der Waals surface area contributed by atoms with Gasteiger partial charge in [0.05, 0.1) is 5.92 Å². The average molecular weight is 493 g/mol. The maximum atomic E-state index is 12.5. The molecule has 0 N–H and O–H groups in total. The SMILES string of the molecule is CC1(C)[C@H](/C=C(\Cl)C(F)(F)F)[C@@H]1C(=O)OCc1ccc(I)cc1Cl. The molecule has 1 fully saturated rings. The first kappa shape index (κ1) is 19.8. The summed E-state index contributed by atoms with van der Waals surface area (Å²) in [6.07, 6.45) is -3.71. The van der Waals surface area contributed by atoms with Crippen LogP contribution >= 0.6 is 45.8 Å². The van der Waals surface area contributed by atoms with Crippen LogP contribution in [0.4, 0.5) is 13.2 Å². The molecule has 1 saturated carbocycles. The van der Waals surface area contributed by atoms with Gasteiger partial charge in [0, 0.05) is 14.2 Å². The van der Waals surface area contributed by atoms with Gasteiger partial charge < -0.3 is 4.74 Å². The Hall–Kier alpha value is -0.470. The third-order valence-corrected chi connectivity index (χ3v) is 5.51. The fourth-order valence-electron chi connectivity index (χ4n) is 2.57. The van der Waals surface area contributed by atoms with Crippen molar-refractivity contribution in [2.45, 2.75) is 26.6 Å². The normalized spacial score (nSPS) is 23.1. The third kappa shape index (κ3) is 4.38. The molecule has 0 bridgehead atoms. The van der Waals surface area contributed by atoms with Gasteiger partial charge in [-0.2, -0.15) is 13.2 Å². The molecule has 0 radical (unpaired) electrons. The quantitative estimate of drug-likeness (QED) is 0.383. The van der Waals surface area contributed by atoms with Crippen LogP contribution in [-0.2, 0) is 16.1 Å². The maximum absolute atomic E-state index is 12.5. The molecular formula is C16H14Cl2F3IO2. The van der Waals surface area contributed by atoms with Gasteiger partial charge in [0.25, 0.3) is 0 Å². The molecule has 0 saturated heterocycles. The van der Waals surface area contributed by atoms with E-state index in [0.29, 0.717) is 10.6 Å². The number of benzene rings is 1. The molecule has 8 heteroatoms. The van der Waals surface area contributed by atoms with Crippen LogP contribution in [0.2, 0.25) is 5.02 Å². The molecule has 2 atom stereocenters. The topological polar surface area (TPSA) is 26.3 Å². The minimum Gasteiger partial charge on any atom is -0.461 e. The number of carbonyl (C=O) groups is 1. The predicted molar refractivity (Wildman–Crippen MR) is 94.7 cm³/mol. The lowest BCUT2D eigenvalue weighted by atomic mass is 10.1. The molecule has 1 aromatic carbocycles. The molecule has 1 aliphatic carbocycles. The fourth-order valence-corrected chi connectivity index (χ4v) is 3.61. The molecule has 2 rings (SSSR count). The molecular weight excluding hydrogens is 479 g/mol. The lowest BCUT2D eigenvalue weighted by Crippen LogP contribution is -2.11. The molecule has 132 valence electrons. The van der Waals surface area contributed by atoms with Crippen molar-refractivity contribution in [1.82, 2.24) is 0 Å². The number of rotatable bonds is 4. The molecule has 0 spiro atoms. The Balaban J connectivity index is 2.02. The highest BCUT2D eigenvalue weighted by molar-refractivity contribution is 14.1. The van der Waals surface area contributed by atoms with Gasteiger partial charge in [-0.05, 0) is 46.1 Å². The Kier molecular flexibility index (Phi) is 5.82. The first-order valence-electron chi connectivity index (χ1n) is 6.99. The van der Waals surface area contributed by atoms with Gasteiger partial charge in [0.1, 0.15) is 11.6 Å². The number of hydrogen-bond donors (Lipinski definition) is 0. The van der Waals surface area contributed by atoms with Crippen molar-refractivity contribution in [2.75, 3.05) is 0 Å². The summed E-state index contributed by atoms with van der Waals surface area (Å²) < 4.78 is 43.8. The Bertz CT molecular complexity index is 686. The van der Waals surface area contributed by atoms with E-state index in [1.165, 1.54) is 0 Å². The maximum Gasteiger partial charge on any atom is 0.426 e. The minimum atomic E-state index is -4.61. The largest absolute Gasteiger partial charge is 0.461 e. The summed E-state index contributed by atoms with van der Waals surface area (Å²) in [5.74, 6) is -1.81. The molecule has 2 nitrogen and oxygen atoms in total. The lowest BCUT2D eigenvalue weighted by molar-refractivity contribution is -0.147. The number of hydrogen-bond acceptors (Lipinski definition) is 2. The van der Waals surface area contributed by atoms with E-state index in [4.69, 9.17) is 27.9 Å². The highest BCUT2D eigenvalue weighted by Gasteiger charge is 2.62. The zero-order valence-corrected chi connectivity index (χ0v) is 16.4. The Labute approximate surface area is 161 Å². The number of allylic oxidation sites excluding steroid dienone is 2. The van der Waals surface area contributed by atoms with E-state index in [0.717, 1.165) is 9.65 Å². The lowest BCUT2D eigenvalue weighted by Gasteiger charge is -2.07. The zero-order chi connectivity index (χ0) is 18.3. The smallest absolute Gasteiger partial charge is 0.426 e. The van der Waals surface area contributed by atoms with Crippen LogP contribution in [0.25, 0.3) is 0 Å². The third-order valence-electron chi connectivity index (χ3n) is 4.15. The Morgan fingerprint density at radius 3 is 2.58 bits per heavy atom. The van der Waals surface area contributed by atoms with Crippen molar-refractivity contribution < 1.29 is 22.7 Å². The highest BCUT2D eigenvalue weighted by atomic mass is 127. The molecule has 0 unspecified atom stereocenters. The van der Waals surface area contributed by atoms with E-state index in [1.807, 2.05) is 6.07 Å². The summed E-state index contributed by atoms with van der Waals surface area (Å²) >= 11 is 13.4. The van der Waals surface area contributed by atoms with Gasteiger partial charge in [0.2, 0.25) is 0 Å². The van der Waals surface area contributed by atoms with Crippen molar-refractivity contribution in [3.05, 3.63) is 43.5 Å². The van der Waals surface area contributed by atoms with Crippen LogP contribution in [-0.4, -0.2) is 12.1 Å². The fraction of sp³-hybridized carbons (Fsp3) is 0.438. The number of alkyl halides is 3. The van der Waals surface area contributed by atoms with E-state index in [1.54, 1.807) is 26.0 Å². The molecule has 0 amide bonds. The molecule has 0 aliphatic heterocycles. The second kappa shape index (κ2) is 7.03. The van der Waals surface area contributed by atoms with E-state index < -0.39 is 34.4 Å². The summed E-state index contributed by atoms with van der Waals surface area (Å²) in [6, 6.07) is 5.31. The van der Waals surface area contributed by atoms with E-state index >= 15 is 0 Å². The van der Waals surface area contributed by atoms with Crippen molar-refractivity contribution in [1.29, 1.82) is 0 Å². The summed E-state index contributed by atoms with van der Waals surface area (Å²) in [5.41, 5.74) is 0.0162. The number of ether oxygens (including phenoxy) is 1. The molecule has 0 aromatic heterocycles. The van der Waals surface area contributed by atoms with Crippen LogP contribution < -0.4 is 0 Å². The van der Waals surface area contributed by atoms with Gasteiger partial charge in [-0.1, -0.05) is 49.2 Å². The van der Waals surface area contributed by atoms with Crippen molar-refractivity contribution >= 4 is 51.8 Å². The minimum absolute atomic E-state index is 0.0232. The predicted octanol–water partition coefficient (Wildman–Crippen LogP) is 5.95. The number of halogens is 6. The number of carbonyl (C=O) groups excluding carboxylic acids is 1. The summed E-state index contributed by atoms with van der Waals surface area (Å²) in [4.78, 5) is 12.2. The van der Waals surface area contributed by atoms with Crippen molar-refractivity contribution in [2.24, 2.45) is 17.3 Å². The monoisotopic (exact) mass is 492 g/mol. The molecule has 24 heavy (non-hydrogen) atoms. The van der Waals surface area contributed by atoms with Crippen molar-refractivity contribution in [3.8, 4) is 0 Å². The zero-order valence-electron chi connectivity index (χ0n) is 12.8. The molecule has 1 aliphatic rings. The molecule has 1 aromatic rings. The van der Waals surface area contributed by atoms with E-state index in [9.17, 15) is 18.0 Å².